The second-order valence-electron chi connectivity index (χ2n) is 6.17. The van der Waals surface area contributed by atoms with Gasteiger partial charge in [-0.05, 0) is 30.5 Å². The molecule has 1 aliphatic heterocycles. The van der Waals surface area contributed by atoms with E-state index in [-0.39, 0.29) is 17.9 Å². The minimum absolute atomic E-state index is 0.0731. The maximum absolute atomic E-state index is 12.8. The van der Waals surface area contributed by atoms with Crippen molar-refractivity contribution in [1.29, 1.82) is 0 Å². The van der Waals surface area contributed by atoms with Crippen LogP contribution >= 0.6 is 0 Å². The smallest absolute Gasteiger partial charge is 0.228 e. The molecule has 0 spiro atoms. The molecule has 0 aliphatic carbocycles. The fraction of sp³-hybridized carbons (Fsp3) is 0.350. The summed E-state index contributed by atoms with van der Waals surface area (Å²) in [5.74, 6) is 0.355. The minimum atomic E-state index is 0.0731. The van der Waals surface area contributed by atoms with Crippen molar-refractivity contribution in [3.05, 3.63) is 66.2 Å². The van der Waals surface area contributed by atoms with Gasteiger partial charge in [-0.25, -0.2) is 0 Å². The van der Waals surface area contributed by atoms with Gasteiger partial charge in [-0.15, -0.1) is 0 Å². The van der Waals surface area contributed by atoms with E-state index in [1.54, 1.807) is 0 Å². The highest BCUT2D eigenvalue weighted by Crippen LogP contribution is 2.27. The third kappa shape index (κ3) is 3.73. The van der Waals surface area contributed by atoms with Crippen LogP contribution in [0.25, 0.3) is 0 Å². The number of anilines is 1. The van der Waals surface area contributed by atoms with Crippen LogP contribution in [0.15, 0.2) is 60.7 Å². The molecule has 0 aromatic heterocycles. The second kappa shape index (κ2) is 7.32. The molecule has 1 fully saturated rings. The summed E-state index contributed by atoms with van der Waals surface area (Å²) >= 11 is 0. The van der Waals surface area contributed by atoms with Gasteiger partial charge in [0.1, 0.15) is 0 Å². The average molecular weight is 308 g/mol. The number of hydrogen-bond acceptors (Lipinski definition) is 2. The Labute approximate surface area is 138 Å². The number of rotatable bonds is 6. The molecule has 3 rings (SSSR count). The normalized spacial score (nSPS) is 18.9. The molecule has 120 valence electrons. The van der Waals surface area contributed by atoms with Gasteiger partial charge in [0, 0.05) is 24.8 Å². The maximum Gasteiger partial charge on any atom is 0.228 e. The van der Waals surface area contributed by atoms with Crippen molar-refractivity contribution in [3.8, 4) is 0 Å². The lowest BCUT2D eigenvalue weighted by Gasteiger charge is -2.24. The number of carbonyl (C=O) groups is 1. The van der Waals surface area contributed by atoms with Gasteiger partial charge in [0.2, 0.25) is 5.91 Å². The second-order valence-corrected chi connectivity index (χ2v) is 6.17. The van der Waals surface area contributed by atoms with E-state index in [0.29, 0.717) is 0 Å². The molecule has 2 aromatic carbocycles. The number of nitrogens with one attached hydrogen (secondary N) is 1. The summed E-state index contributed by atoms with van der Waals surface area (Å²) in [6.07, 6.45) is 1.88. The maximum atomic E-state index is 12.8. The summed E-state index contributed by atoms with van der Waals surface area (Å²) < 4.78 is 0. The number of likely N-dealkylation sites (tertiary alicyclic amines) is 1. The zero-order valence-corrected chi connectivity index (χ0v) is 13.6. The Hall–Kier alpha value is -2.29. The summed E-state index contributed by atoms with van der Waals surface area (Å²) in [6.45, 7) is 3.72. The molecule has 2 atom stereocenters. The van der Waals surface area contributed by atoms with Crippen molar-refractivity contribution in [1.82, 2.24) is 4.90 Å². The number of para-hydroxylation sites is 1. The van der Waals surface area contributed by atoms with E-state index in [1.165, 1.54) is 5.56 Å². The van der Waals surface area contributed by atoms with E-state index >= 15 is 0 Å². The van der Waals surface area contributed by atoms with E-state index in [9.17, 15) is 4.79 Å². The molecule has 23 heavy (non-hydrogen) atoms. The molecule has 2 aromatic rings. The molecule has 0 bridgehead atoms. The number of hydrogen-bond donors (Lipinski definition) is 1. The topological polar surface area (TPSA) is 32.3 Å². The van der Waals surface area contributed by atoms with Crippen LogP contribution in [-0.2, 0) is 11.3 Å². The molecule has 1 amide bonds. The van der Waals surface area contributed by atoms with Crippen molar-refractivity contribution in [2.24, 2.45) is 5.92 Å². The first-order valence-corrected chi connectivity index (χ1v) is 8.42. The van der Waals surface area contributed by atoms with Crippen LogP contribution in [-0.4, -0.2) is 23.4 Å². The van der Waals surface area contributed by atoms with Gasteiger partial charge in [-0.2, -0.15) is 0 Å². The Bertz CT molecular complexity index is 627. The number of benzene rings is 2. The van der Waals surface area contributed by atoms with Crippen LogP contribution in [0.2, 0.25) is 0 Å². The lowest BCUT2D eigenvalue weighted by molar-refractivity contribution is -0.131. The van der Waals surface area contributed by atoms with Crippen LogP contribution in [0.4, 0.5) is 5.69 Å². The molecule has 1 heterocycles. The van der Waals surface area contributed by atoms with Gasteiger partial charge in [-0.3, -0.25) is 4.79 Å². The summed E-state index contributed by atoms with van der Waals surface area (Å²) in [5, 5.41) is 3.54. The Balaban J connectivity index is 1.65. The van der Waals surface area contributed by atoms with Crippen LogP contribution in [0, 0.1) is 5.92 Å². The first-order chi connectivity index (χ1) is 11.3. The van der Waals surface area contributed by atoms with Crippen molar-refractivity contribution in [3.63, 3.8) is 0 Å². The van der Waals surface area contributed by atoms with Gasteiger partial charge in [-0.1, -0.05) is 55.5 Å². The summed E-state index contributed by atoms with van der Waals surface area (Å²) in [7, 11) is 0. The quantitative estimate of drug-likeness (QED) is 0.877. The third-order valence-electron chi connectivity index (χ3n) is 4.61. The van der Waals surface area contributed by atoms with E-state index in [2.05, 4.69) is 36.5 Å². The summed E-state index contributed by atoms with van der Waals surface area (Å²) in [6, 6.07) is 20.6. The molecule has 1 aliphatic rings. The van der Waals surface area contributed by atoms with Crippen LogP contribution in [0.5, 0.6) is 0 Å². The largest absolute Gasteiger partial charge is 0.382 e. The monoisotopic (exact) mass is 308 g/mol. The summed E-state index contributed by atoms with van der Waals surface area (Å²) in [4.78, 5) is 14.8. The fourth-order valence-corrected chi connectivity index (χ4v) is 3.33. The number of carbonyl (C=O) groups excluding carboxylic acids is 1. The third-order valence-corrected chi connectivity index (χ3v) is 4.61. The molecule has 0 radical (unpaired) electrons. The van der Waals surface area contributed by atoms with Crippen LogP contribution in [0.1, 0.15) is 25.3 Å². The molecule has 1 N–H and O–H groups in total. The fourth-order valence-electron chi connectivity index (χ4n) is 3.33. The Morgan fingerprint density at radius 2 is 1.74 bits per heavy atom. The highest BCUT2D eigenvalue weighted by atomic mass is 16.2. The predicted molar refractivity (Wildman–Crippen MR) is 94.1 cm³/mol. The standard InChI is InChI=1S/C20H24N2O/c1-2-19(21-17-11-7-4-8-12-17)18-13-14-22(20(18)23)15-16-9-5-3-6-10-16/h3-12,18-19,21H,2,13-15H2,1H3/t18-,19?/m0/s1. The molecule has 1 saturated heterocycles. The van der Waals surface area contributed by atoms with Gasteiger partial charge >= 0.3 is 0 Å². The van der Waals surface area contributed by atoms with E-state index < -0.39 is 0 Å². The highest BCUT2D eigenvalue weighted by Gasteiger charge is 2.36. The molecular formula is C20H24N2O. The SMILES string of the molecule is CCC(Nc1ccccc1)[C@@H]1CCN(Cc2ccccc2)C1=O. The van der Waals surface area contributed by atoms with Gasteiger partial charge < -0.3 is 10.2 Å². The first kappa shape index (κ1) is 15.6. The molecule has 0 saturated carbocycles. The van der Waals surface area contributed by atoms with Crippen molar-refractivity contribution in [2.45, 2.75) is 32.4 Å². The van der Waals surface area contributed by atoms with E-state index in [4.69, 9.17) is 0 Å². The van der Waals surface area contributed by atoms with Crippen molar-refractivity contribution in [2.75, 3.05) is 11.9 Å². The molecule has 3 heteroatoms. The van der Waals surface area contributed by atoms with Crippen molar-refractivity contribution < 1.29 is 4.79 Å². The number of nitrogens with zero attached hydrogens (tertiary/aromatic N) is 1. The number of amides is 1. The summed E-state index contributed by atoms with van der Waals surface area (Å²) in [5.41, 5.74) is 2.29. The lowest BCUT2D eigenvalue weighted by Crippen LogP contribution is -2.35. The van der Waals surface area contributed by atoms with Crippen molar-refractivity contribution >= 4 is 11.6 Å². The molecule has 3 nitrogen and oxygen atoms in total. The highest BCUT2D eigenvalue weighted by molar-refractivity contribution is 5.82. The van der Waals surface area contributed by atoms with Crippen LogP contribution in [0.3, 0.4) is 0 Å². The first-order valence-electron chi connectivity index (χ1n) is 8.42. The Morgan fingerprint density at radius 3 is 2.39 bits per heavy atom. The predicted octanol–water partition coefficient (Wildman–Crippen LogP) is 3.93. The molecular weight excluding hydrogens is 284 g/mol. The average Bonchev–Trinajstić information content (AvgIpc) is 2.95. The van der Waals surface area contributed by atoms with Gasteiger partial charge in [0.25, 0.3) is 0 Å². The molecule has 1 unspecified atom stereocenters. The Morgan fingerprint density at radius 1 is 1.09 bits per heavy atom. The Kier molecular flexibility index (Phi) is 4.96. The van der Waals surface area contributed by atoms with Gasteiger partial charge in [0.15, 0.2) is 0 Å². The zero-order chi connectivity index (χ0) is 16.1. The minimum Gasteiger partial charge on any atom is -0.382 e. The van der Waals surface area contributed by atoms with E-state index in [0.717, 1.165) is 31.6 Å². The lowest BCUT2D eigenvalue weighted by atomic mass is 9.95. The van der Waals surface area contributed by atoms with Gasteiger partial charge in [0.05, 0.1) is 5.92 Å². The zero-order valence-electron chi connectivity index (χ0n) is 13.6. The van der Waals surface area contributed by atoms with Crippen LogP contribution < -0.4 is 5.32 Å². The van der Waals surface area contributed by atoms with E-state index in [1.807, 2.05) is 41.3 Å².